The van der Waals surface area contributed by atoms with E-state index in [1.54, 1.807) is 0 Å². The molecule has 0 amide bonds. The minimum Gasteiger partial charge on any atom is -0.342 e. The molecule has 0 heterocycles. The van der Waals surface area contributed by atoms with Crippen LogP contribution in [0.15, 0.2) is 49.1 Å². The lowest BCUT2D eigenvalue weighted by atomic mass is 11.2. The predicted molar refractivity (Wildman–Crippen MR) is 87.8 cm³/mol. The standard InChI is InChI=1S/C12H26N2Si3/c1-9-16(7,10-2)13-15(5,6)14-17(8,11-3)12-4/h9-14H,1-4H2,5-8H3. The van der Waals surface area contributed by atoms with E-state index in [4.69, 9.17) is 0 Å². The van der Waals surface area contributed by atoms with Crippen LogP contribution in [0.1, 0.15) is 0 Å². The molecule has 0 atom stereocenters. The van der Waals surface area contributed by atoms with E-state index in [0.717, 1.165) is 0 Å². The Hall–Kier alpha value is -0.469. The lowest BCUT2D eigenvalue weighted by molar-refractivity contribution is 1.21. The van der Waals surface area contributed by atoms with Crippen molar-refractivity contribution < 1.29 is 0 Å². The van der Waals surface area contributed by atoms with Gasteiger partial charge < -0.3 is 9.30 Å². The number of hydrogen-bond acceptors (Lipinski definition) is 2. The second-order valence-corrected chi connectivity index (χ2v) is 17.3. The first-order valence-corrected chi connectivity index (χ1v) is 14.1. The number of nitrogens with one attached hydrogen (secondary N) is 2. The molecule has 0 aromatic rings. The van der Waals surface area contributed by atoms with Crippen LogP contribution in [0.3, 0.4) is 0 Å². The molecule has 0 rings (SSSR count). The quantitative estimate of drug-likeness (QED) is 0.669. The van der Waals surface area contributed by atoms with Crippen molar-refractivity contribution in [2.45, 2.75) is 26.2 Å². The van der Waals surface area contributed by atoms with Crippen LogP contribution in [0.5, 0.6) is 0 Å². The molecule has 2 N–H and O–H groups in total. The van der Waals surface area contributed by atoms with Crippen molar-refractivity contribution >= 4 is 24.9 Å². The molecule has 0 saturated heterocycles. The van der Waals surface area contributed by atoms with Crippen LogP contribution >= 0.6 is 0 Å². The zero-order chi connectivity index (χ0) is 13.7. The van der Waals surface area contributed by atoms with Crippen molar-refractivity contribution in [1.82, 2.24) is 9.30 Å². The molecule has 0 radical (unpaired) electrons. The fourth-order valence-corrected chi connectivity index (χ4v) is 15.3. The largest absolute Gasteiger partial charge is 0.342 e. The smallest absolute Gasteiger partial charge is 0.182 e. The Bertz CT molecular complexity index is 278. The van der Waals surface area contributed by atoms with Gasteiger partial charge in [-0.2, -0.15) is 0 Å². The van der Waals surface area contributed by atoms with Crippen LogP contribution in [0.4, 0.5) is 0 Å². The molecule has 0 aromatic heterocycles. The summed E-state index contributed by atoms with van der Waals surface area (Å²) in [5.41, 5.74) is 8.10. The third-order valence-electron chi connectivity index (χ3n) is 2.86. The van der Waals surface area contributed by atoms with Gasteiger partial charge in [0.15, 0.2) is 24.9 Å². The maximum Gasteiger partial charge on any atom is 0.182 e. The summed E-state index contributed by atoms with van der Waals surface area (Å²) in [6.07, 6.45) is 0. The minimum absolute atomic E-state index is 1.72. The second kappa shape index (κ2) is 5.92. The average Bonchev–Trinajstić information content (AvgIpc) is 2.27. The number of rotatable bonds is 8. The molecule has 0 aromatic carbocycles. The van der Waals surface area contributed by atoms with Gasteiger partial charge in [0.1, 0.15) is 0 Å². The Kier molecular flexibility index (Phi) is 5.76. The first kappa shape index (κ1) is 16.5. The normalized spacial score (nSPS) is 12.9. The van der Waals surface area contributed by atoms with Gasteiger partial charge in [-0.05, 0) is 26.2 Å². The lowest BCUT2D eigenvalue weighted by Crippen LogP contribution is -2.72. The molecule has 0 aliphatic heterocycles. The Balaban J connectivity index is 4.91. The maximum atomic E-state index is 3.92. The molecule has 96 valence electrons. The topological polar surface area (TPSA) is 24.1 Å². The van der Waals surface area contributed by atoms with E-state index in [0.29, 0.717) is 0 Å². The fourth-order valence-electron chi connectivity index (χ4n) is 1.75. The van der Waals surface area contributed by atoms with Crippen LogP contribution in [0.25, 0.3) is 0 Å². The van der Waals surface area contributed by atoms with Gasteiger partial charge in [0.25, 0.3) is 0 Å². The van der Waals surface area contributed by atoms with Crippen LogP contribution in [0.2, 0.25) is 26.2 Å². The van der Waals surface area contributed by atoms with Gasteiger partial charge in [-0.25, -0.2) is 0 Å². The van der Waals surface area contributed by atoms with Gasteiger partial charge in [0.2, 0.25) is 0 Å². The highest BCUT2D eigenvalue weighted by Gasteiger charge is 2.35. The van der Waals surface area contributed by atoms with E-state index in [1.165, 1.54) is 0 Å². The average molecular weight is 283 g/mol. The van der Waals surface area contributed by atoms with Crippen LogP contribution in [-0.2, 0) is 0 Å². The zero-order valence-corrected chi connectivity index (χ0v) is 14.6. The Morgan fingerprint density at radius 2 is 0.882 bits per heavy atom. The molecule has 2 nitrogen and oxygen atoms in total. The summed E-state index contributed by atoms with van der Waals surface area (Å²) < 4.78 is 7.53. The van der Waals surface area contributed by atoms with Gasteiger partial charge in [-0.1, -0.05) is 22.8 Å². The SMILES string of the molecule is C=C[Si](C)(C=C)N[Si](C)(C)N[Si](C)(C=C)C=C. The summed E-state index contributed by atoms with van der Waals surface area (Å²) in [5.74, 6) is 0. The Morgan fingerprint density at radius 1 is 0.647 bits per heavy atom. The summed E-state index contributed by atoms with van der Waals surface area (Å²) in [4.78, 5) is 0. The van der Waals surface area contributed by atoms with E-state index in [-0.39, 0.29) is 0 Å². The van der Waals surface area contributed by atoms with Crippen molar-refractivity contribution in [2.24, 2.45) is 0 Å². The summed E-state index contributed by atoms with van der Waals surface area (Å²) >= 11 is 0. The molecule has 0 saturated carbocycles. The van der Waals surface area contributed by atoms with Crippen LogP contribution in [-0.4, -0.2) is 24.9 Å². The highest BCUT2D eigenvalue weighted by molar-refractivity contribution is 7.02. The molecule has 17 heavy (non-hydrogen) atoms. The molecule has 0 fully saturated rings. The van der Waals surface area contributed by atoms with Crippen molar-refractivity contribution in [3.8, 4) is 0 Å². The lowest BCUT2D eigenvalue weighted by Gasteiger charge is -2.38. The molecule has 0 spiro atoms. The van der Waals surface area contributed by atoms with E-state index >= 15 is 0 Å². The summed E-state index contributed by atoms with van der Waals surface area (Å²) in [6, 6.07) is 0. The summed E-state index contributed by atoms with van der Waals surface area (Å²) in [7, 11) is -5.17. The predicted octanol–water partition coefficient (Wildman–Crippen LogP) is 2.92. The summed E-state index contributed by atoms with van der Waals surface area (Å²) in [5, 5.41) is 0. The Morgan fingerprint density at radius 3 is 1.06 bits per heavy atom. The van der Waals surface area contributed by atoms with Gasteiger partial charge in [0, 0.05) is 0 Å². The van der Waals surface area contributed by atoms with Crippen LogP contribution < -0.4 is 9.30 Å². The number of hydrogen-bond donors (Lipinski definition) is 2. The van der Waals surface area contributed by atoms with Gasteiger partial charge >= 0.3 is 0 Å². The van der Waals surface area contributed by atoms with E-state index < -0.39 is 24.9 Å². The third kappa shape index (κ3) is 5.14. The van der Waals surface area contributed by atoms with Crippen molar-refractivity contribution in [3.05, 3.63) is 49.1 Å². The van der Waals surface area contributed by atoms with E-state index in [9.17, 15) is 0 Å². The highest BCUT2D eigenvalue weighted by Crippen LogP contribution is 2.10. The van der Waals surface area contributed by atoms with E-state index in [1.807, 2.05) is 22.8 Å². The van der Waals surface area contributed by atoms with Gasteiger partial charge in [0.05, 0.1) is 0 Å². The first-order chi connectivity index (χ1) is 7.66. The first-order valence-electron chi connectivity index (χ1n) is 5.79. The third-order valence-corrected chi connectivity index (χ3v) is 15.6. The van der Waals surface area contributed by atoms with Crippen molar-refractivity contribution in [3.63, 3.8) is 0 Å². The zero-order valence-electron chi connectivity index (χ0n) is 11.6. The maximum absolute atomic E-state index is 3.92. The van der Waals surface area contributed by atoms with Gasteiger partial charge in [-0.15, -0.1) is 26.3 Å². The Labute approximate surface area is 110 Å². The molecule has 0 aliphatic rings. The minimum atomic E-state index is -1.73. The summed E-state index contributed by atoms with van der Waals surface area (Å²) in [6.45, 7) is 24.6. The van der Waals surface area contributed by atoms with Crippen LogP contribution in [0, 0.1) is 0 Å². The molecular weight excluding hydrogens is 256 g/mol. The van der Waals surface area contributed by atoms with E-state index in [2.05, 4.69) is 61.8 Å². The molecular formula is C12H26N2Si3. The second-order valence-electron chi connectivity index (χ2n) is 5.26. The molecule has 0 unspecified atom stereocenters. The molecule has 0 aliphatic carbocycles. The molecule has 0 bridgehead atoms. The molecule has 5 heteroatoms. The van der Waals surface area contributed by atoms with Crippen molar-refractivity contribution in [1.29, 1.82) is 0 Å². The fraction of sp³-hybridized carbons (Fsp3) is 0.333. The van der Waals surface area contributed by atoms with Crippen molar-refractivity contribution in [2.75, 3.05) is 0 Å². The van der Waals surface area contributed by atoms with Gasteiger partial charge in [-0.3, -0.25) is 0 Å². The highest BCUT2D eigenvalue weighted by atomic mass is 28.4. The monoisotopic (exact) mass is 282 g/mol.